The van der Waals surface area contributed by atoms with Gasteiger partial charge >= 0.3 is 0 Å². The first-order chi connectivity index (χ1) is 15.7. The van der Waals surface area contributed by atoms with Crippen LogP contribution in [0.3, 0.4) is 0 Å². The molecule has 1 atom stereocenters. The molecule has 0 spiro atoms. The zero-order chi connectivity index (χ0) is 22.7. The number of hydrogen-bond donors (Lipinski definition) is 0. The van der Waals surface area contributed by atoms with Gasteiger partial charge in [-0.2, -0.15) is 5.26 Å². The van der Waals surface area contributed by atoms with E-state index in [-0.39, 0.29) is 0 Å². The summed E-state index contributed by atoms with van der Waals surface area (Å²) in [5.41, 5.74) is 0.642. The molecule has 32 heavy (non-hydrogen) atoms. The third-order valence-electron chi connectivity index (χ3n) is 10.3. The van der Waals surface area contributed by atoms with Gasteiger partial charge in [-0.1, -0.05) is 104 Å². The SMILES string of the molecule is CCCCCC1CCC(CC(C#N)C2CCC(CCCCC)(C3CCCCC3)CC2)CC1. The molecule has 184 valence electrons. The highest BCUT2D eigenvalue weighted by Crippen LogP contribution is 2.54. The summed E-state index contributed by atoms with van der Waals surface area (Å²) < 4.78 is 0. The number of unbranched alkanes of at least 4 members (excludes halogenated alkanes) is 4. The Kier molecular flexibility index (Phi) is 11.4. The monoisotopic (exact) mass is 441 g/mol. The number of nitrogens with zero attached hydrogens (tertiary/aromatic N) is 1. The molecule has 0 saturated heterocycles. The van der Waals surface area contributed by atoms with E-state index < -0.39 is 0 Å². The van der Waals surface area contributed by atoms with Gasteiger partial charge in [-0.05, 0) is 80.5 Å². The minimum atomic E-state index is 0.344. The van der Waals surface area contributed by atoms with Crippen LogP contribution in [0.5, 0.6) is 0 Å². The molecule has 1 unspecified atom stereocenters. The Labute approximate surface area is 201 Å². The Hall–Kier alpha value is -0.510. The van der Waals surface area contributed by atoms with Crippen molar-refractivity contribution in [2.45, 2.75) is 155 Å². The van der Waals surface area contributed by atoms with Gasteiger partial charge in [-0.3, -0.25) is 0 Å². The lowest BCUT2D eigenvalue weighted by molar-refractivity contribution is 0.0272. The van der Waals surface area contributed by atoms with Crippen LogP contribution in [0.15, 0.2) is 0 Å². The first-order valence-electron chi connectivity index (χ1n) is 15.1. The van der Waals surface area contributed by atoms with Crippen LogP contribution in [-0.2, 0) is 0 Å². The Bertz CT molecular complexity index is 523. The number of nitriles is 1. The molecule has 0 amide bonds. The molecule has 0 N–H and O–H groups in total. The predicted molar refractivity (Wildman–Crippen MR) is 138 cm³/mol. The van der Waals surface area contributed by atoms with Gasteiger partial charge in [0.25, 0.3) is 0 Å². The van der Waals surface area contributed by atoms with Crippen molar-refractivity contribution in [2.75, 3.05) is 0 Å². The second-order valence-corrected chi connectivity index (χ2v) is 12.3. The number of hydrogen-bond acceptors (Lipinski definition) is 1. The molecular weight excluding hydrogens is 386 g/mol. The molecule has 3 rings (SSSR count). The topological polar surface area (TPSA) is 23.8 Å². The van der Waals surface area contributed by atoms with E-state index in [4.69, 9.17) is 0 Å². The van der Waals surface area contributed by atoms with Gasteiger partial charge in [0.1, 0.15) is 0 Å². The van der Waals surface area contributed by atoms with E-state index in [1.807, 2.05) is 0 Å². The molecule has 0 aromatic rings. The maximum Gasteiger partial charge on any atom is 0.0658 e. The van der Waals surface area contributed by atoms with Gasteiger partial charge in [0, 0.05) is 5.92 Å². The van der Waals surface area contributed by atoms with Crippen molar-refractivity contribution in [1.82, 2.24) is 0 Å². The molecule has 0 bridgehead atoms. The zero-order valence-corrected chi connectivity index (χ0v) is 21.9. The first-order valence-corrected chi connectivity index (χ1v) is 15.1. The van der Waals surface area contributed by atoms with Gasteiger partial charge < -0.3 is 0 Å². The summed E-state index contributed by atoms with van der Waals surface area (Å²) in [7, 11) is 0. The minimum absolute atomic E-state index is 0.344. The smallest absolute Gasteiger partial charge is 0.0658 e. The van der Waals surface area contributed by atoms with Crippen molar-refractivity contribution in [2.24, 2.45) is 35.0 Å². The molecular formula is C31H55N. The molecule has 0 aliphatic heterocycles. The average molecular weight is 442 g/mol. The summed E-state index contributed by atoms with van der Waals surface area (Å²) in [5, 5.41) is 10.1. The van der Waals surface area contributed by atoms with Crippen molar-refractivity contribution < 1.29 is 0 Å². The van der Waals surface area contributed by atoms with Gasteiger partial charge in [-0.15, -0.1) is 0 Å². The first kappa shape index (κ1) is 26.1. The van der Waals surface area contributed by atoms with Crippen LogP contribution in [0.25, 0.3) is 0 Å². The van der Waals surface area contributed by atoms with E-state index in [1.54, 1.807) is 0 Å². The fourth-order valence-electron chi connectivity index (χ4n) is 8.07. The van der Waals surface area contributed by atoms with E-state index in [2.05, 4.69) is 19.9 Å². The fraction of sp³-hybridized carbons (Fsp3) is 0.968. The van der Waals surface area contributed by atoms with Crippen LogP contribution in [0, 0.1) is 46.3 Å². The van der Waals surface area contributed by atoms with Crippen LogP contribution in [-0.4, -0.2) is 0 Å². The highest BCUT2D eigenvalue weighted by Gasteiger charge is 2.43. The Morgan fingerprint density at radius 1 is 0.750 bits per heavy atom. The van der Waals surface area contributed by atoms with Crippen molar-refractivity contribution in [1.29, 1.82) is 5.26 Å². The summed E-state index contributed by atoms with van der Waals surface area (Å²) in [6, 6.07) is 2.83. The second-order valence-electron chi connectivity index (χ2n) is 12.3. The van der Waals surface area contributed by atoms with Gasteiger partial charge in [0.05, 0.1) is 6.07 Å². The van der Waals surface area contributed by atoms with Crippen LogP contribution < -0.4 is 0 Å². The predicted octanol–water partition coefficient (Wildman–Crippen LogP) is 10.2. The Morgan fingerprint density at radius 2 is 1.38 bits per heavy atom. The van der Waals surface area contributed by atoms with Crippen molar-refractivity contribution >= 4 is 0 Å². The van der Waals surface area contributed by atoms with Crippen molar-refractivity contribution in [3.05, 3.63) is 0 Å². The molecule has 0 radical (unpaired) electrons. The maximum absolute atomic E-state index is 10.1. The fourth-order valence-corrected chi connectivity index (χ4v) is 8.07. The van der Waals surface area contributed by atoms with Crippen molar-refractivity contribution in [3.63, 3.8) is 0 Å². The van der Waals surface area contributed by atoms with E-state index in [0.29, 0.717) is 17.3 Å². The van der Waals surface area contributed by atoms with E-state index >= 15 is 0 Å². The summed E-state index contributed by atoms with van der Waals surface area (Å²) in [6.07, 6.45) is 31.3. The average Bonchev–Trinajstić information content (AvgIpc) is 2.85. The molecule has 1 nitrogen and oxygen atoms in total. The molecule has 1 heteroatoms. The lowest BCUT2D eigenvalue weighted by atomic mass is 9.57. The molecule has 3 fully saturated rings. The number of rotatable bonds is 12. The standard InChI is InChI=1S/C31H55N/c1-3-5-8-12-26-15-17-27(18-16-26)24-29(25-32)28-19-22-31(23-20-28,21-11-6-4-2)30-13-9-7-10-14-30/h26-30H,3-24H2,1-2H3. The largest absolute Gasteiger partial charge is 0.198 e. The highest BCUT2D eigenvalue weighted by molar-refractivity contribution is 4.98. The summed E-state index contributed by atoms with van der Waals surface area (Å²) in [5.74, 6) is 3.88. The van der Waals surface area contributed by atoms with E-state index in [1.165, 1.54) is 141 Å². The highest BCUT2D eigenvalue weighted by atomic mass is 14.5. The summed E-state index contributed by atoms with van der Waals surface area (Å²) in [4.78, 5) is 0. The molecule has 0 heterocycles. The Morgan fingerprint density at radius 3 is 2.00 bits per heavy atom. The van der Waals surface area contributed by atoms with Crippen LogP contribution in [0.1, 0.15) is 155 Å². The molecule has 3 saturated carbocycles. The van der Waals surface area contributed by atoms with Crippen LogP contribution in [0.4, 0.5) is 0 Å². The summed E-state index contributed by atoms with van der Waals surface area (Å²) in [6.45, 7) is 4.66. The van der Waals surface area contributed by atoms with E-state index in [0.717, 1.165) is 17.8 Å². The Balaban J connectivity index is 1.47. The third-order valence-corrected chi connectivity index (χ3v) is 10.3. The van der Waals surface area contributed by atoms with Crippen LogP contribution in [0.2, 0.25) is 0 Å². The normalized spacial score (nSPS) is 33.0. The zero-order valence-electron chi connectivity index (χ0n) is 21.9. The van der Waals surface area contributed by atoms with Crippen molar-refractivity contribution in [3.8, 4) is 6.07 Å². The van der Waals surface area contributed by atoms with Gasteiger partial charge in [0.15, 0.2) is 0 Å². The summed E-state index contributed by atoms with van der Waals surface area (Å²) >= 11 is 0. The molecule has 3 aliphatic rings. The molecule has 0 aromatic heterocycles. The lowest BCUT2D eigenvalue weighted by Gasteiger charge is -2.48. The van der Waals surface area contributed by atoms with E-state index in [9.17, 15) is 5.26 Å². The minimum Gasteiger partial charge on any atom is -0.198 e. The third kappa shape index (κ3) is 7.50. The van der Waals surface area contributed by atoms with Crippen LogP contribution >= 0.6 is 0 Å². The molecule has 3 aliphatic carbocycles. The quantitative estimate of drug-likeness (QED) is 0.276. The lowest BCUT2D eigenvalue weighted by Crippen LogP contribution is -2.38. The van der Waals surface area contributed by atoms with Gasteiger partial charge in [-0.25, -0.2) is 0 Å². The maximum atomic E-state index is 10.1. The molecule has 0 aromatic carbocycles. The van der Waals surface area contributed by atoms with Gasteiger partial charge in [0.2, 0.25) is 0 Å². The second kappa shape index (κ2) is 14.0.